The molecule has 1 heterocycles. The Morgan fingerprint density at radius 1 is 0.818 bits per heavy atom. The molecule has 1 aromatic rings. The van der Waals surface area contributed by atoms with Gasteiger partial charge in [0.05, 0.1) is 11.2 Å². The summed E-state index contributed by atoms with van der Waals surface area (Å²) in [5.74, 6) is 0. The van der Waals surface area contributed by atoms with E-state index in [1.807, 2.05) is 52.0 Å². The molecular formula is C15H25BO5Si. The van der Waals surface area contributed by atoms with E-state index in [4.69, 9.17) is 22.6 Å². The van der Waals surface area contributed by atoms with E-state index in [2.05, 4.69) is 0 Å². The van der Waals surface area contributed by atoms with Crippen molar-refractivity contribution in [1.29, 1.82) is 0 Å². The predicted molar refractivity (Wildman–Crippen MR) is 88.6 cm³/mol. The zero-order valence-corrected chi connectivity index (χ0v) is 15.4. The Labute approximate surface area is 134 Å². The van der Waals surface area contributed by atoms with Gasteiger partial charge < -0.3 is 22.6 Å². The third kappa shape index (κ3) is 2.89. The zero-order valence-electron chi connectivity index (χ0n) is 14.4. The van der Waals surface area contributed by atoms with Crippen LogP contribution in [0.4, 0.5) is 0 Å². The second kappa shape index (κ2) is 6.07. The predicted octanol–water partition coefficient (Wildman–Crippen LogP) is 1.07. The Kier molecular flexibility index (Phi) is 4.87. The van der Waals surface area contributed by atoms with E-state index < -0.39 is 8.80 Å². The molecule has 1 saturated heterocycles. The first kappa shape index (κ1) is 17.7. The molecule has 122 valence electrons. The molecule has 22 heavy (non-hydrogen) atoms. The number of benzene rings is 1. The van der Waals surface area contributed by atoms with E-state index in [1.165, 1.54) is 0 Å². The van der Waals surface area contributed by atoms with Crippen LogP contribution in [0.3, 0.4) is 0 Å². The molecule has 0 unspecified atom stereocenters. The van der Waals surface area contributed by atoms with Crippen LogP contribution in [0.25, 0.3) is 0 Å². The van der Waals surface area contributed by atoms with Crippen molar-refractivity contribution in [2.24, 2.45) is 0 Å². The van der Waals surface area contributed by atoms with Crippen molar-refractivity contribution in [3.63, 3.8) is 0 Å². The summed E-state index contributed by atoms with van der Waals surface area (Å²) in [6.45, 7) is 8.17. The fourth-order valence-electron chi connectivity index (χ4n) is 2.43. The molecule has 5 nitrogen and oxygen atoms in total. The maximum atomic E-state index is 6.05. The van der Waals surface area contributed by atoms with Gasteiger partial charge in [0.1, 0.15) is 0 Å². The van der Waals surface area contributed by atoms with Gasteiger partial charge in [0.25, 0.3) is 0 Å². The van der Waals surface area contributed by atoms with Crippen molar-refractivity contribution < 1.29 is 22.6 Å². The Hall–Kier alpha value is -0.698. The van der Waals surface area contributed by atoms with E-state index in [0.717, 1.165) is 10.6 Å². The van der Waals surface area contributed by atoms with Crippen LogP contribution in [0.1, 0.15) is 27.7 Å². The van der Waals surface area contributed by atoms with Crippen LogP contribution in [-0.2, 0) is 22.6 Å². The monoisotopic (exact) mass is 324 g/mol. The molecule has 2 rings (SSSR count). The molecule has 1 fully saturated rings. The quantitative estimate of drug-likeness (QED) is 0.758. The smallest absolute Gasteiger partial charge is 0.399 e. The van der Waals surface area contributed by atoms with Gasteiger partial charge in [-0.05, 0) is 33.2 Å². The van der Waals surface area contributed by atoms with E-state index in [1.54, 1.807) is 21.3 Å². The summed E-state index contributed by atoms with van der Waals surface area (Å²) < 4.78 is 28.6. The summed E-state index contributed by atoms with van der Waals surface area (Å²) in [7, 11) is 1.63. The molecular weight excluding hydrogens is 299 g/mol. The van der Waals surface area contributed by atoms with E-state index >= 15 is 0 Å². The summed E-state index contributed by atoms with van der Waals surface area (Å²) in [6, 6.07) is 7.83. The van der Waals surface area contributed by atoms with Crippen LogP contribution in [-0.4, -0.2) is 48.5 Å². The lowest BCUT2D eigenvalue weighted by Crippen LogP contribution is -2.55. The normalized spacial score (nSPS) is 20.4. The molecule has 7 heteroatoms. The largest absolute Gasteiger partial charge is 0.536 e. The maximum absolute atomic E-state index is 6.05. The van der Waals surface area contributed by atoms with Crippen LogP contribution >= 0.6 is 0 Å². The van der Waals surface area contributed by atoms with Crippen molar-refractivity contribution in [1.82, 2.24) is 0 Å². The minimum atomic E-state index is -2.79. The molecule has 0 atom stereocenters. The second-order valence-corrected chi connectivity index (χ2v) is 9.29. The topological polar surface area (TPSA) is 46.2 Å². The molecule has 0 aliphatic carbocycles. The summed E-state index contributed by atoms with van der Waals surface area (Å²) in [5, 5.41) is 0.903. The fraction of sp³-hybridized carbons (Fsp3) is 0.600. The molecule has 0 bridgehead atoms. The van der Waals surface area contributed by atoms with Gasteiger partial charge >= 0.3 is 15.9 Å². The van der Waals surface area contributed by atoms with Crippen LogP contribution in [0.5, 0.6) is 0 Å². The molecule has 1 aliphatic rings. The third-order valence-electron chi connectivity index (χ3n) is 4.60. The Morgan fingerprint density at radius 3 is 1.59 bits per heavy atom. The van der Waals surface area contributed by atoms with E-state index in [0.29, 0.717) is 0 Å². The van der Waals surface area contributed by atoms with Gasteiger partial charge in [-0.3, -0.25) is 0 Å². The Bertz CT molecular complexity index is 489. The van der Waals surface area contributed by atoms with Gasteiger partial charge in [0, 0.05) is 26.5 Å². The third-order valence-corrected chi connectivity index (χ3v) is 7.25. The van der Waals surface area contributed by atoms with E-state index in [9.17, 15) is 0 Å². The average Bonchev–Trinajstić information content (AvgIpc) is 2.71. The molecule has 0 radical (unpaired) electrons. The summed E-state index contributed by atoms with van der Waals surface area (Å²) >= 11 is 0. The number of hydrogen-bond acceptors (Lipinski definition) is 5. The zero-order chi connectivity index (χ0) is 16.6. The first-order valence-corrected chi connectivity index (χ1v) is 9.05. The molecule has 0 saturated carbocycles. The molecule has 0 N–H and O–H groups in total. The minimum absolute atomic E-state index is 0.347. The first-order valence-electron chi connectivity index (χ1n) is 7.33. The van der Waals surface area contributed by atoms with Gasteiger partial charge in [-0.25, -0.2) is 0 Å². The van der Waals surface area contributed by atoms with E-state index in [-0.39, 0.29) is 18.3 Å². The number of rotatable bonds is 5. The molecule has 1 aromatic carbocycles. The molecule has 0 amide bonds. The lowest BCUT2D eigenvalue weighted by Gasteiger charge is -2.32. The van der Waals surface area contributed by atoms with Crippen LogP contribution in [0, 0.1) is 0 Å². The fourth-order valence-corrected chi connectivity index (χ4v) is 4.21. The molecule has 0 spiro atoms. The van der Waals surface area contributed by atoms with Crippen molar-refractivity contribution in [2.75, 3.05) is 21.3 Å². The SMILES string of the molecule is CO[Si](OC)(OC)c1ccc(B2OC(C)(C)C(C)(C)O2)cc1. The lowest BCUT2D eigenvalue weighted by atomic mass is 9.79. The van der Waals surface area contributed by atoms with Crippen molar-refractivity contribution in [2.45, 2.75) is 38.9 Å². The van der Waals surface area contributed by atoms with Gasteiger partial charge in [-0.2, -0.15) is 0 Å². The van der Waals surface area contributed by atoms with Crippen molar-refractivity contribution in [3.8, 4) is 0 Å². The van der Waals surface area contributed by atoms with Crippen molar-refractivity contribution in [3.05, 3.63) is 24.3 Å². The highest BCUT2D eigenvalue weighted by Gasteiger charge is 2.51. The van der Waals surface area contributed by atoms with Gasteiger partial charge in [0.2, 0.25) is 0 Å². The lowest BCUT2D eigenvalue weighted by molar-refractivity contribution is 0.00578. The highest BCUT2D eigenvalue weighted by Crippen LogP contribution is 2.36. The van der Waals surface area contributed by atoms with Crippen LogP contribution < -0.4 is 10.6 Å². The van der Waals surface area contributed by atoms with Crippen LogP contribution in [0.2, 0.25) is 0 Å². The van der Waals surface area contributed by atoms with Crippen LogP contribution in [0.15, 0.2) is 24.3 Å². The summed E-state index contributed by atoms with van der Waals surface area (Å²) in [5.41, 5.74) is 0.273. The summed E-state index contributed by atoms with van der Waals surface area (Å²) in [6.07, 6.45) is 0. The minimum Gasteiger partial charge on any atom is -0.399 e. The first-order chi connectivity index (χ1) is 10.2. The van der Waals surface area contributed by atoms with Crippen molar-refractivity contribution >= 4 is 26.6 Å². The highest BCUT2D eigenvalue weighted by atomic mass is 28.4. The number of hydrogen-bond donors (Lipinski definition) is 0. The van der Waals surface area contributed by atoms with Gasteiger partial charge in [-0.15, -0.1) is 0 Å². The summed E-state index contributed by atoms with van der Waals surface area (Å²) in [4.78, 5) is 0. The highest BCUT2D eigenvalue weighted by molar-refractivity contribution is 6.75. The second-order valence-electron chi connectivity index (χ2n) is 6.38. The standard InChI is InChI=1S/C15H25BO5Si/c1-14(2)15(3,4)21-16(20-14)12-8-10-13(11-9-12)22(17-5,18-6)19-7/h8-11H,1-7H3. The Morgan fingerprint density at radius 2 is 1.23 bits per heavy atom. The van der Waals surface area contributed by atoms with Gasteiger partial charge in [-0.1, -0.05) is 24.3 Å². The van der Waals surface area contributed by atoms with Gasteiger partial charge in [0.15, 0.2) is 0 Å². The molecule has 1 aliphatic heterocycles. The maximum Gasteiger partial charge on any atom is 0.536 e. The molecule has 0 aromatic heterocycles. The Balaban J connectivity index is 2.24. The average molecular weight is 324 g/mol.